The highest BCUT2D eigenvalue weighted by molar-refractivity contribution is 6.35. The van der Waals surface area contributed by atoms with Crippen LogP contribution in [0.1, 0.15) is 21.7 Å². The van der Waals surface area contributed by atoms with Crippen LogP contribution in [0.15, 0.2) is 40.8 Å². The fourth-order valence-electron chi connectivity index (χ4n) is 3.74. The summed E-state index contributed by atoms with van der Waals surface area (Å²) in [7, 11) is 0. The number of furan rings is 1. The minimum Gasteiger partial charge on any atom is -0.475 e. The number of carboxylic acids is 1. The number of anilines is 1. The molecule has 0 bridgehead atoms. The van der Waals surface area contributed by atoms with Crippen molar-refractivity contribution in [2.45, 2.75) is 13.5 Å². The number of carboxylic acid groups (broad SMARTS) is 1. The van der Waals surface area contributed by atoms with Crippen LogP contribution in [0.3, 0.4) is 0 Å². The predicted octanol–water partition coefficient (Wildman–Crippen LogP) is 5.07. The van der Waals surface area contributed by atoms with E-state index >= 15 is 0 Å². The van der Waals surface area contributed by atoms with Gasteiger partial charge in [-0.25, -0.2) is 4.79 Å². The average molecular weight is 419 g/mol. The van der Waals surface area contributed by atoms with Crippen molar-refractivity contribution < 1.29 is 14.3 Å². The number of aryl methyl sites for hydroxylation is 1. The van der Waals surface area contributed by atoms with E-state index < -0.39 is 5.97 Å². The van der Waals surface area contributed by atoms with Crippen molar-refractivity contribution in [2.75, 3.05) is 31.1 Å². The molecule has 0 amide bonds. The smallest absolute Gasteiger partial charge is 0.371 e. The zero-order chi connectivity index (χ0) is 19.8. The van der Waals surface area contributed by atoms with Gasteiger partial charge < -0.3 is 14.4 Å². The van der Waals surface area contributed by atoms with Crippen molar-refractivity contribution in [3.05, 3.63) is 63.3 Å². The van der Waals surface area contributed by atoms with Gasteiger partial charge in [-0.2, -0.15) is 0 Å². The van der Waals surface area contributed by atoms with Gasteiger partial charge in [0.2, 0.25) is 5.76 Å². The van der Waals surface area contributed by atoms with Gasteiger partial charge in [0.15, 0.2) is 0 Å². The molecule has 1 fully saturated rings. The van der Waals surface area contributed by atoms with Gasteiger partial charge in [-0.1, -0.05) is 29.3 Å². The number of nitrogens with zero attached hydrogens (tertiary/aromatic N) is 2. The first-order chi connectivity index (χ1) is 13.4. The summed E-state index contributed by atoms with van der Waals surface area (Å²) in [6, 6.07) is 11.1. The molecule has 0 spiro atoms. The molecule has 1 saturated heterocycles. The Morgan fingerprint density at radius 3 is 2.43 bits per heavy atom. The minimum absolute atomic E-state index is 0.0308. The molecule has 1 aliphatic heterocycles. The van der Waals surface area contributed by atoms with E-state index in [9.17, 15) is 4.79 Å². The van der Waals surface area contributed by atoms with Crippen molar-refractivity contribution in [3.63, 3.8) is 0 Å². The Morgan fingerprint density at radius 2 is 1.79 bits per heavy atom. The van der Waals surface area contributed by atoms with E-state index in [1.54, 1.807) is 6.07 Å². The first kappa shape index (κ1) is 19.1. The van der Waals surface area contributed by atoms with Gasteiger partial charge in [0.25, 0.3) is 0 Å². The number of carbonyl (C=O) groups is 1. The molecule has 0 unspecified atom stereocenters. The molecule has 5 nitrogen and oxygen atoms in total. The molecular formula is C21H20Cl2N2O3. The van der Waals surface area contributed by atoms with Crippen LogP contribution in [-0.4, -0.2) is 42.2 Å². The van der Waals surface area contributed by atoms with E-state index in [0.717, 1.165) is 54.9 Å². The fraction of sp³-hybridized carbons (Fsp3) is 0.286. The molecule has 1 N–H and O–H groups in total. The van der Waals surface area contributed by atoms with Gasteiger partial charge >= 0.3 is 5.97 Å². The summed E-state index contributed by atoms with van der Waals surface area (Å²) in [5.74, 6) is -1.08. The maximum Gasteiger partial charge on any atom is 0.371 e. The third kappa shape index (κ3) is 3.58. The molecule has 146 valence electrons. The molecule has 4 rings (SSSR count). The lowest BCUT2D eigenvalue weighted by Crippen LogP contribution is -2.46. The van der Waals surface area contributed by atoms with Crippen LogP contribution in [0, 0.1) is 6.92 Å². The third-order valence-corrected chi connectivity index (χ3v) is 6.02. The third-order valence-electron chi connectivity index (χ3n) is 5.31. The van der Waals surface area contributed by atoms with Crippen molar-refractivity contribution in [1.82, 2.24) is 4.90 Å². The molecule has 3 aromatic rings. The maximum atomic E-state index is 11.2. The average Bonchev–Trinajstić information content (AvgIpc) is 3.12. The molecule has 0 saturated carbocycles. The number of piperazine rings is 1. The van der Waals surface area contributed by atoms with E-state index in [0.29, 0.717) is 15.6 Å². The number of hydrogen-bond donors (Lipinski definition) is 1. The molecule has 7 heteroatoms. The Hall–Kier alpha value is -2.21. The maximum absolute atomic E-state index is 11.2. The van der Waals surface area contributed by atoms with Crippen molar-refractivity contribution in [3.8, 4) is 0 Å². The van der Waals surface area contributed by atoms with E-state index in [4.69, 9.17) is 32.7 Å². The number of rotatable bonds is 4. The van der Waals surface area contributed by atoms with Crippen LogP contribution in [0.5, 0.6) is 0 Å². The highest BCUT2D eigenvalue weighted by atomic mass is 35.5. The first-order valence-corrected chi connectivity index (χ1v) is 9.86. The van der Waals surface area contributed by atoms with E-state index in [-0.39, 0.29) is 5.76 Å². The van der Waals surface area contributed by atoms with Gasteiger partial charge in [-0.3, -0.25) is 4.90 Å². The Morgan fingerprint density at radius 1 is 1.11 bits per heavy atom. The molecular weight excluding hydrogens is 399 g/mol. The Labute approximate surface area is 173 Å². The minimum atomic E-state index is -1.05. The summed E-state index contributed by atoms with van der Waals surface area (Å²) in [6.07, 6.45) is 0. The van der Waals surface area contributed by atoms with Gasteiger partial charge in [0.05, 0.1) is 0 Å². The van der Waals surface area contributed by atoms with Crippen molar-refractivity contribution >= 4 is 45.8 Å². The van der Waals surface area contributed by atoms with Gasteiger partial charge in [0.1, 0.15) is 5.58 Å². The summed E-state index contributed by atoms with van der Waals surface area (Å²) in [5, 5.41) is 11.4. The summed E-state index contributed by atoms with van der Waals surface area (Å²) in [4.78, 5) is 15.8. The zero-order valence-corrected chi connectivity index (χ0v) is 16.9. The number of fused-ring (bicyclic) bond motifs is 1. The Balaban J connectivity index is 1.49. The van der Waals surface area contributed by atoms with Crippen LogP contribution in [0.4, 0.5) is 5.69 Å². The Kier molecular flexibility index (Phi) is 5.23. The number of benzene rings is 2. The SMILES string of the molecule is Cc1c(N2CCN(Cc3c(Cl)cccc3Cl)CC2)ccc2oc(C(=O)O)cc12. The first-order valence-electron chi connectivity index (χ1n) is 9.10. The number of hydrogen-bond acceptors (Lipinski definition) is 4. The molecule has 0 radical (unpaired) electrons. The standard InChI is InChI=1S/C21H20Cl2N2O3/c1-13-14-11-20(21(26)27)28-19(14)6-5-18(13)25-9-7-24(8-10-25)12-15-16(22)3-2-4-17(15)23/h2-6,11H,7-10,12H2,1H3,(H,26,27). The predicted molar refractivity (Wildman–Crippen MR) is 112 cm³/mol. The fourth-order valence-corrected chi connectivity index (χ4v) is 4.26. The summed E-state index contributed by atoms with van der Waals surface area (Å²) in [5.41, 5.74) is 3.72. The van der Waals surface area contributed by atoms with Crippen LogP contribution in [0.25, 0.3) is 11.0 Å². The number of aromatic carboxylic acids is 1. The zero-order valence-electron chi connectivity index (χ0n) is 15.4. The largest absolute Gasteiger partial charge is 0.475 e. The molecule has 2 heterocycles. The van der Waals surface area contributed by atoms with Crippen molar-refractivity contribution in [1.29, 1.82) is 0 Å². The van der Waals surface area contributed by atoms with Crippen molar-refractivity contribution in [2.24, 2.45) is 0 Å². The van der Waals surface area contributed by atoms with Crippen LogP contribution < -0.4 is 4.90 Å². The van der Waals surface area contributed by atoms with E-state index in [1.165, 1.54) is 0 Å². The normalized spacial score (nSPS) is 15.3. The second-order valence-corrected chi connectivity index (χ2v) is 7.82. The lowest BCUT2D eigenvalue weighted by molar-refractivity contribution is 0.0665. The second kappa shape index (κ2) is 7.66. The van der Waals surface area contributed by atoms with Crippen LogP contribution in [-0.2, 0) is 6.54 Å². The second-order valence-electron chi connectivity index (χ2n) is 7.00. The molecule has 1 aliphatic rings. The number of halogens is 2. The summed E-state index contributed by atoms with van der Waals surface area (Å²) >= 11 is 12.6. The van der Waals surface area contributed by atoms with Crippen LogP contribution in [0.2, 0.25) is 10.0 Å². The molecule has 0 aliphatic carbocycles. The van der Waals surface area contributed by atoms with Gasteiger partial charge in [-0.15, -0.1) is 0 Å². The van der Waals surface area contributed by atoms with Gasteiger partial charge in [-0.05, 0) is 42.8 Å². The van der Waals surface area contributed by atoms with Crippen LogP contribution >= 0.6 is 23.2 Å². The monoisotopic (exact) mass is 418 g/mol. The lowest BCUT2D eigenvalue weighted by atomic mass is 10.1. The lowest BCUT2D eigenvalue weighted by Gasteiger charge is -2.37. The molecule has 2 aromatic carbocycles. The molecule has 0 atom stereocenters. The quantitative estimate of drug-likeness (QED) is 0.640. The highest BCUT2D eigenvalue weighted by Crippen LogP contribution is 2.32. The van der Waals surface area contributed by atoms with E-state index in [2.05, 4.69) is 9.80 Å². The molecule has 1 aromatic heterocycles. The highest BCUT2D eigenvalue weighted by Gasteiger charge is 2.22. The van der Waals surface area contributed by atoms with E-state index in [1.807, 2.05) is 37.3 Å². The van der Waals surface area contributed by atoms with Gasteiger partial charge in [0, 0.05) is 59.4 Å². The molecule has 28 heavy (non-hydrogen) atoms. The summed E-state index contributed by atoms with van der Waals surface area (Å²) < 4.78 is 5.41. The Bertz CT molecular complexity index is 1020. The topological polar surface area (TPSA) is 56.9 Å². The summed E-state index contributed by atoms with van der Waals surface area (Å²) in [6.45, 7) is 6.27.